The number of aryl methyl sites for hydroxylation is 1. The summed E-state index contributed by atoms with van der Waals surface area (Å²) in [5, 5.41) is 2.90. The molecule has 0 heterocycles. The number of anilines is 1. The quantitative estimate of drug-likeness (QED) is 0.650. The van der Waals surface area contributed by atoms with Crippen molar-refractivity contribution in [2.24, 2.45) is 0 Å². The Morgan fingerprint density at radius 1 is 0.962 bits per heavy atom. The number of carbonyl (C=O) groups is 1. The molecule has 2 aromatic carbocycles. The van der Waals surface area contributed by atoms with Crippen molar-refractivity contribution in [3.05, 3.63) is 66.2 Å². The van der Waals surface area contributed by atoms with E-state index in [2.05, 4.69) is 17.4 Å². The Labute approximate surface area is 156 Å². The van der Waals surface area contributed by atoms with Gasteiger partial charge in [0.05, 0.1) is 11.9 Å². The molecular formula is C20H26N2O3S. The Morgan fingerprint density at radius 3 is 2.19 bits per heavy atom. The van der Waals surface area contributed by atoms with Gasteiger partial charge in [-0.25, -0.2) is 8.42 Å². The van der Waals surface area contributed by atoms with Crippen LogP contribution in [0.25, 0.3) is 0 Å². The zero-order valence-electron chi connectivity index (χ0n) is 15.1. The predicted octanol–water partition coefficient (Wildman–Crippen LogP) is 2.98. The van der Waals surface area contributed by atoms with Crippen LogP contribution in [0.1, 0.15) is 24.8 Å². The van der Waals surface area contributed by atoms with Crippen molar-refractivity contribution >= 4 is 21.6 Å². The molecule has 5 nitrogen and oxygen atoms in total. The first-order chi connectivity index (χ1) is 12.5. The second-order valence-electron chi connectivity index (χ2n) is 6.21. The first kappa shape index (κ1) is 20.0. The zero-order valence-corrected chi connectivity index (χ0v) is 15.9. The average Bonchev–Trinajstić information content (AvgIpc) is 2.63. The van der Waals surface area contributed by atoms with E-state index in [-0.39, 0.29) is 5.91 Å². The lowest BCUT2D eigenvalue weighted by atomic mass is 10.1. The third kappa shape index (κ3) is 6.88. The monoisotopic (exact) mass is 374 g/mol. The van der Waals surface area contributed by atoms with Crippen molar-refractivity contribution in [2.75, 3.05) is 23.7 Å². The lowest BCUT2D eigenvalue weighted by Gasteiger charge is -2.22. The van der Waals surface area contributed by atoms with Crippen molar-refractivity contribution in [3.63, 3.8) is 0 Å². The molecule has 0 spiro atoms. The first-order valence-electron chi connectivity index (χ1n) is 8.80. The van der Waals surface area contributed by atoms with Crippen LogP contribution < -0.4 is 9.62 Å². The van der Waals surface area contributed by atoms with E-state index < -0.39 is 10.0 Å². The summed E-state index contributed by atoms with van der Waals surface area (Å²) in [5.41, 5.74) is 1.88. The number of benzene rings is 2. The van der Waals surface area contributed by atoms with Crippen LogP contribution in [0.15, 0.2) is 60.7 Å². The first-order valence-corrected chi connectivity index (χ1v) is 10.6. The van der Waals surface area contributed by atoms with Gasteiger partial charge in [0, 0.05) is 19.5 Å². The fourth-order valence-electron chi connectivity index (χ4n) is 2.72. The van der Waals surface area contributed by atoms with E-state index in [9.17, 15) is 13.2 Å². The zero-order chi connectivity index (χ0) is 18.8. The highest BCUT2D eigenvalue weighted by Crippen LogP contribution is 2.17. The van der Waals surface area contributed by atoms with E-state index >= 15 is 0 Å². The molecule has 0 saturated heterocycles. The van der Waals surface area contributed by atoms with Crippen LogP contribution >= 0.6 is 0 Å². The molecule has 2 aromatic rings. The maximum Gasteiger partial charge on any atom is 0.232 e. The van der Waals surface area contributed by atoms with E-state index in [0.717, 1.165) is 12.8 Å². The summed E-state index contributed by atoms with van der Waals surface area (Å²) in [6.07, 6.45) is 3.78. The Morgan fingerprint density at radius 2 is 1.58 bits per heavy atom. The number of hydrogen-bond donors (Lipinski definition) is 1. The van der Waals surface area contributed by atoms with Gasteiger partial charge in [-0.2, -0.15) is 0 Å². The molecule has 1 N–H and O–H groups in total. The number of sulfonamides is 1. The van der Waals surface area contributed by atoms with Crippen molar-refractivity contribution in [1.82, 2.24) is 5.32 Å². The smallest absolute Gasteiger partial charge is 0.232 e. The minimum Gasteiger partial charge on any atom is -0.356 e. The Hall–Kier alpha value is -2.34. The van der Waals surface area contributed by atoms with Crippen molar-refractivity contribution in [3.8, 4) is 0 Å². The van der Waals surface area contributed by atoms with Crippen LogP contribution in [0.4, 0.5) is 5.69 Å². The number of para-hydroxylation sites is 1. The molecule has 0 aliphatic carbocycles. The van der Waals surface area contributed by atoms with Gasteiger partial charge in [-0.15, -0.1) is 0 Å². The van der Waals surface area contributed by atoms with Crippen molar-refractivity contribution in [1.29, 1.82) is 0 Å². The van der Waals surface area contributed by atoms with Gasteiger partial charge in [0.2, 0.25) is 15.9 Å². The highest BCUT2D eigenvalue weighted by molar-refractivity contribution is 7.92. The molecule has 0 aliphatic rings. The highest BCUT2D eigenvalue weighted by atomic mass is 32.2. The Kier molecular flexibility index (Phi) is 7.66. The van der Waals surface area contributed by atoms with Gasteiger partial charge in [-0.1, -0.05) is 48.5 Å². The van der Waals surface area contributed by atoms with Gasteiger partial charge >= 0.3 is 0 Å². The fraction of sp³-hybridized carbons (Fsp3) is 0.350. The maximum absolute atomic E-state index is 12.0. The minimum atomic E-state index is -3.37. The van der Waals surface area contributed by atoms with E-state index in [0.29, 0.717) is 31.6 Å². The van der Waals surface area contributed by atoms with Crippen LogP contribution in [0.5, 0.6) is 0 Å². The predicted molar refractivity (Wildman–Crippen MR) is 106 cm³/mol. The summed E-state index contributed by atoms with van der Waals surface area (Å²) in [4.78, 5) is 11.9. The normalized spacial score (nSPS) is 11.1. The molecule has 0 bridgehead atoms. The van der Waals surface area contributed by atoms with E-state index in [1.807, 2.05) is 24.3 Å². The number of nitrogens with one attached hydrogen (secondary N) is 1. The van der Waals surface area contributed by atoms with Gasteiger partial charge < -0.3 is 5.32 Å². The molecule has 0 radical (unpaired) electrons. The summed E-state index contributed by atoms with van der Waals surface area (Å²) in [6.45, 7) is 0.919. The molecule has 0 atom stereocenters. The van der Waals surface area contributed by atoms with E-state index in [1.165, 1.54) is 16.1 Å². The lowest BCUT2D eigenvalue weighted by molar-refractivity contribution is -0.121. The Balaban J connectivity index is 1.71. The molecule has 0 fully saturated rings. The lowest BCUT2D eigenvalue weighted by Crippen LogP contribution is -2.32. The molecule has 6 heteroatoms. The van der Waals surface area contributed by atoms with Crippen LogP contribution in [0, 0.1) is 0 Å². The van der Waals surface area contributed by atoms with Gasteiger partial charge in [-0.05, 0) is 37.0 Å². The highest BCUT2D eigenvalue weighted by Gasteiger charge is 2.17. The second kappa shape index (κ2) is 9.97. The van der Waals surface area contributed by atoms with Gasteiger partial charge in [-0.3, -0.25) is 9.10 Å². The molecule has 0 aliphatic heterocycles. The summed E-state index contributed by atoms with van der Waals surface area (Å²) < 4.78 is 25.3. The molecule has 0 aromatic heterocycles. The summed E-state index contributed by atoms with van der Waals surface area (Å²) in [6, 6.07) is 19.1. The molecule has 0 unspecified atom stereocenters. The third-order valence-corrected chi connectivity index (χ3v) is 5.21. The van der Waals surface area contributed by atoms with Crippen LogP contribution in [0.2, 0.25) is 0 Å². The molecule has 26 heavy (non-hydrogen) atoms. The average molecular weight is 375 g/mol. The van der Waals surface area contributed by atoms with Crippen molar-refractivity contribution < 1.29 is 13.2 Å². The standard InChI is InChI=1S/C20H26N2O3S/c1-26(24,25)22(19-13-6-3-7-14-19)17-9-15-20(23)21-16-8-12-18-10-4-2-5-11-18/h2-7,10-11,13-14H,8-9,12,15-17H2,1H3,(H,21,23). The fourth-order valence-corrected chi connectivity index (χ4v) is 3.68. The number of nitrogens with zero attached hydrogens (tertiary/aromatic N) is 1. The number of amides is 1. The molecule has 0 saturated carbocycles. The largest absolute Gasteiger partial charge is 0.356 e. The summed E-state index contributed by atoms with van der Waals surface area (Å²) in [7, 11) is -3.37. The second-order valence-corrected chi connectivity index (χ2v) is 8.12. The van der Waals surface area contributed by atoms with E-state index in [1.54, 1.807) is 24.3 Å². The summed E-state index contributed by atoms with van der Waals surface area (Å²) >= 11 is 0. The van der Waals surface area contributed by atoms with Crippen LogP contribution in [-0.4, -0.2) is 33.7 Å². The van der Waals surface area contributed by atoms with Gasteiger partial charge in [0.25, 0.3) is 0 Å². The SMILES string of the molecule is CS(=O)(=O)N(CCCC(=O)NCCCc1ccccc1)c1ccccc1. The van der Waals surface area contributed by atoms with E-state index in [4.69, 9.17) is 0 Å². The van der Waals surface area contributed by atoms with Crippen LogP contribution in [0.3, 0.4) is 0 Å². The number of hydrogen-bond acceptors (Lipinski definition) is 3. The molecule has 1 amide bonds. The Bertz CT molecular complexity index is 777. The number of carbonyl (C=O) groups excluding carboxylic acids is 1. The van der Waals surface area contributed by atoms with Crippen molar-refractivity contribution in [2.45, 2.75) is 25.7 Å². The maximum atomic E-state index is 12.0. The van der Waals surface area contributed by atoms with Crippen LogP contribution in [-0.2, 0) is 21.2 Å². The molecular weight excluding hydrogens is 348 g/mol. The third-order valence-electron chi connectivity index (χ3n) is 4.02. The minimum absolute atomic E-state index is 0.0421. The molecule has 2 rings (SSSR count). The van der Waals surface area contributed by atoms with Gasteiger partial charge in [0.15, 0.2) is 0 Å². The van der Waals surface area contributed by atoms with Gasteiger partial charge in [0.1, 0.15) is 0 Å². The topological polar surface area (TPSA) is 66.5 Å². The molecule has 140 valence electrons. The summed E-state index contributed by atoms with van der Waals surface area (Å²) in [5.74, 6) is -0.0421. The number of rotatable bonds is 10.